The van der Waals surface area contributed by atoms with Crippen molar-refractivity contribution in [1.82, 2.24) is 0 Å². The summed E-state index contributed by atoms with van der Waals surface area (Å²) in [6.45, 7) is -2.60. The van der Waals surface area contributed by atoms with Gasteiger partial charge in [0.05, 0.1) is 11.3 Å². The summed E-state index contributed by atoms with van der Waals surface area (Å²) in [5.41, 5.74) is 1.69. The van der Waals surface area contributed by atoms with Crippen LogP contribution in [0, 0.1) is 11.3 Å². The molecule has 0 aliphatic heterocycles. The van der Waals surface area contributed by atoms with Crippen LogP contribution >= 0.6 is 15.9 Å². The van der Waals surface area contributed by atoms with Crippen molar-refractivity contribution in [2.45, 2.75) is 13.2 Å². The molecule has 0 heterocycles. The van der Waals surface area contributed by atoms with Gasteiger partial charge in [0.2, 0.25) is 0 Å². The molecule has 6 heteroatoms. The number of para-hydroxylation sites is 1. The number of rotatable bonds is 5. The van der Waals surface area contributed by atoms with Crippen molar-refractivity contribution in [1.29, 1.82) is 5.26 Å². The normalized spacial score (nSPS) is 10.2. The van der Waals surface area contributed by atoms with E-state index in [4.69, 9.17) is 5.26 Å². The predicted molar refractivity (Wildman–Crippen MR) is 79.3 cm³/mol. The van der Waals surface area contributed by atoms with E-state index in [2.05, 4.69) is 32.1 Å². The second-order valence-corrected chi connectivity index (χ2v) is 5.06. The van der Waals surface area contributed by atoms with Crippen LogP contribution < -0.4 is 10.1 Å². The minimum atomic E-state index is -2.87. The fourth-order valence-electron chi connectivity index (χ4n) is 1.81. The number of ether oxygens (including phenoxy) is 1. The van der Waals surface area contributed by atoms with E-state index in [9.17, 15) is 8.78 Å². The summed E-state index contributed by atoms with van der Waals surface area (Å²) in [4.78, 5) is 0. The van der Waals surface area contributed by atoms with E-state index in [0.717, 1.165) is 4.47 Å². The SMILES string of the molecule is N#Cc1ccc(Br)cc1NCc1ccccc1OC(F)F. The smallest absolute Gasteiger partial charge is 0.387 e. The summed E-state index contributed by atoms with van der Waals surface area (Å²) < 4.78 is 30.0. The van der Waals surface area contributed by atoms with Crippen LogP contribution in [0.2, 0.25) is 0 Å². The van der Waals surface area contributed by atoms with Gasteiger partial charge in [-0.2, -0.15) is 14.0 Å². The minimum absolute atomic E-state index is 0.119. The Morgan fingerprint density at radius 2 is 2.00 bits per heavy atom. The van der Waals surface area contributed by atoms with Gasteiger partial charge in [0.1, 0.15) is 11.8 Å². The van der Waals surface area contributed by atoms with Gasteiger partial charge >= 0.3 is 6.61 Å². The first-order valence-electron chi connectivity index (χ1n) is 6.06. The quantitative estimate of drug-likeness (QED) is 0.859. The van der Waals surface area contributed by atoms with Gasteiger partial charge in [0.25, 0.3) is 0 Å². The van der Waals surface area contributed by atoms with Gasteiger partial charge < -0.3 is 10.1 Å². The molecule has 0 aliphatic carbocycles. The van der Waals surface area contributed by atoms with E-state index in [-0.39, 0.29) is 12.3 Å². The highest BCUT2D eigenvalue weighted by Gasteiger charge is 2.09. The lowest BCUT2D eigenvalue weighted by Crippen LogP contribution is -2.07. The van der Waals surface area contributed by atoms with Crippen molar-refractivity contribution in [3.05, 3.63) is 58.1 Å². The molecule has 21 heavy (non-hydrogen) atoms. The van der Waals surface area contributed by atoms with E-state index in [0.29, 0.717) is 16.8 Å². The van der Waals surface area contributed by atoms with Crippen molar-refractivity contribution in [2.24, 2.45) is 0 Å². The van der Waals surface area contributed by atoms with Crippen LogP contribution in [0.15, 0.2) is 46.9 Å². The average molecular weight is 353 g/mol. The van der Waals surface area contributed by atoms with Gasteiger partial charge in [-0.3, -0.25) is 0 Å². The second kappa shape index (κ2) is 7.04. The zero-order valence-corrected chi connectivity index (χ0v) is 12.4. The molecule has 0 spiro atoms. The Balaban J connectivity index is 2.17. The van der Waals surface area contributed by atoms with Crippen molar-refractivity contribution in [3.8, 4) is 11.8 Å². The van der Waals surface area contributed by atoms with Gasteiger partial charge in [-0.05, 0) is 24.3 Å². The molecule has 108 valence electrons. The largest absolute Gasteiger partial charge is 0.434 e. The third kappa shape index (κ3) is 4.17. The molecule has 1 N–H and O–H groups in total. The van der Waals surface area contributed by atoms with Crippen molar-refractivity contribution in [2.75, 3.05) is 5.32 Å². The third-order valence-corrected chi connectivity index (χ3v) is 3.25. The summed E-state index contributed by atoms with van der Waals surface area (Å²) in [5, 5.41) is 12.1. The third-order valence-electron chi connectivity index (χ3n) is 2.76. The molecule has 2 aromatic carbocycles. The molecule has 2 rings (SSSR count). The average Bonchev–Trinajstić information content (AvgIpc) is 2.46. The molecule has 0 atom stereocenters. The fourth-order valence-corrected chi connectivity index (χ4v) is 2.17. The summed E-state index contributed by atoms with van der Waals surface area (Å²) >= 11 is 3.33. The van der Waals surface area contributed by atoms with E-state index in [1.165, 1.54) is 6.07 Å². The van der Waals surface area contributed by atoms with Crippen LogP contribution in [0.4, 0.5) is 14.5 Å². The maximum absolute atomic E-state index is 12.3. The Bertz CT molecular complexity index is 671. The summed E-state index contributed by atoms with van der Waals surface area (Å²) in [7, 11) is 0. The number of anilines is 1. The van der Waals surface area contributed by atoms with Crippen LogP contribution in [0.1, 0.15) is 11.1 Å². The zero-order chi connectivity index (χ0) is 15.2. The van der Waals surface area contributed by atoms with Gasteiger partial charge in [0.15, 0.2) is 0 Å². The number of hydrogen-bond acceptors (Lipinski definition) is 3. The Kier molecular flexibility index (Phi) is 5.12. The first kappa shape index (κ1) is 15.3. The lowest BCUT2D eigenvalue weighted by Gasteiger charge is -2.13. The Labute approximate surface area is 129 Å². The summed E-state index contributed by atoms with van der Waals surface area (Å²) in [6, 6.07) is 13.8. The number of nitrogens with zero attached hydrogens (tertiary/aromatic N) is 1. The van der Waals surface area contributed by atoms with Crippen LogP contribution in [0.25, 0.3) is 0 Å². The first-order valence-corrected chi connectivity index (χ1v) is 6.85. The Morgan fingerprint density at radius 1 is 1.24 bits per heavy atom. The lowest BCUT2D eigenvalue weighted by molar-refractivity contribution is -0.0504. The van der Waals surface area contributed by atoms with E-state index in [1.54, 1.807) is 36.4 Å². The van der Waals surface area contributed by atoms with Crippen molar-refractivity contribution < 1.29 is 13.5 Å². The highest BCUT2D eigenvalue weighted by molar-refractivity contribution is 9.10. The van der Waals surface area contributed by atoms with Gasteiger partial charge in [-0.15, -0.1) is 0 Å². The first-order chi connectivity index (χ1) is 10.1. The van der Waals surface area contributed by atoms with Crippen LogP contribution in [-0.2, 0) is 6.54 Å². The Hall–Kier alpha value is -2.13. The predicted octanol–water partition coefficient (Wildman–Crippen LogP) is 4.53. The standard InChI is InChI=1S/C15H11BrF2N2O/c16-12-6-5-10(8-19)13(7-12)20-9-11-3-1-2-4-14(11)21-15(17)18/h1-7,15,20H,9H2. The van der Waals surface area contributed by atoms with Gasteiger partial charge in [-0.1, -0.05) is 34.1 Å². The highest BCUT2D eigenvalue weighted by Crippen LogP contribution is 2.24. The molecule has 0 amide bonds. The molecular weight excluding hydrogens is 342 g/mol. The lowest BCUT2D eigenvalue weighted by atomic mass is 10.1. The molecule has 3 nitrogen and oxygen atoms in total. The second-order valence-electron chi connectivity index (χ2n) is 4.14. The summed E-state index contributed by atoms with van der Waals surface area (Å²) in [5.74, 6) is 0.119. The highest BCUT2D eigenvalue weighted by atomic mass is 79.9. The van der Waals surface area contributed by atoms with E-state index in [1.807, 2.05) is 0 Å². The van der Waals surface area contributed by atoms with Gasteiger partial charge in [0, 0.05) is 16.6 Å². The number of nitriles is 1. The van der Waals surface area contributed by atoms with Crippen LogP contribution in [-0.4, -0.2) is 6.61 Å². The maximum atomic E-state index is 12.3. The Morgan fingerprint density at radius 3 is 2.71 bits per heavy atom. The minimum Gasteiger partial charge on any atom is -0.434 e. The molecule has 0 bridgehead atoms. The molecule has 0 saturated heterocycles. The molecule has 2 aromatic rings. The molecule has 0 fully saturated rings. The van der Waals surface area contributed by atoms with Gasteiger partial charge in [-0.25, -0.2) is 0 Å². The van der Waals surface area contributed by atoms with Crippen LogP contribution in [0.5, 0.6) is 5.75 Å². The zero-order valence-electron chi connectivity index (χ0n) is 10.8. The van der Waals surface area contributed by atoms with E-state index >= 15 is 0 Å². The number of nitrogens with one attached hydrogen (secondary N) is 1. The molecule has 0 aliphatic rings. The van der Waals surface area contributed by atoms with Crippen LogP contribution in [0.3, 0.4) is 0 Å². The van der Waals surface area contributed by atoms with Crippen molar-refractivity contribution >= 4 is 21.6 Å². The monoisotopic (exact) mass is 352 g/mol. The topological polar surface area (TPSA) is 45.0 Å². The van der Waals surface area contributed by atoms with E-state index < -0.39 is 6.61 Å². The molecule has 0 radical (unpaired) electrons. The van der Waals surface area contributed by atoms with Crippen molar-refractivity contribution in [3.63, 3.8) is 0 Å². The number of hydrogen-bond donors (Lipinski definition) is 1. The molecular formula is C15H11BrF2N2O. The number of benzene rings is 2. The maximum Gasteiger partial charge on any atom is 0.387 e. The summed E-state index contributed by atoms with van der Waals surface area (Å²) in [6.07, 6.45) is 0. The fraction of sp³-hybridized carbons (Fsp3) is 0.133. The molecule has 0 aromatic heterocycles. The number of halogens is 3. The number of alkyl halides is 2. The molecule has 0 saturated carbocycles. The molecule has 0 unspecified atom stereocenters.